The number of rotatable bonds is 10. The summed E-state index contributed by atoms with van der Waals surface area (Å²) in [6.07, 6.45) is 5.17. The lowest BCUT2D eigenvalue weighted by Gasteiger charge is -2.14. The molecule has 0 saturated heterocycles. The average Bonchev–Trinajstić information content (AvgIpc) is 2.47. The predicted octanol–water partition coefficient (Wildman–Crippen LogP) is 3.03. The molecule has 1 aromatic rings. The van der Waals surface area contributed by atoms with Crippen molar-refractivity contribution in [3.05, 3.63) is 35.6 Å². The zero-order chi connectivity index (χ0) is 15.5. The van der Waals surface area contributed by atoms with E-state index in [1.54, 1.807) is 12.1 Å². The Kier molecular flexibility index (Phi) is 8.67. The van der Waals surface area contributed by atoms with Gasteiger partial charge in [0.25, 0.3) is 0 Å². The number of nitrogens with one attached hydrogen (secondary N) is 1. The van der Waals surface area contributed by atoms with Crippen molar-refractivity contribution in [2.45, 2.75) is 45.4 Å². The monoisotopic (exact) mass is 294 g/mol. The van der Waals surface area contributed by atoms with Crippen LogP contribution in [-0.4, -0.2) is 19.0 Å². The van der Waals surface area contributed by atoms with Gasteiger partial charge in [0.1, 0.15) is 5.82 Å². The Labute approximate surface area is 127 Å². The maximum absolute atomic E-state index is 13.4. The second-order valence-corrected chi connectivity index (χ2v) is 5.46. The van der Waals surface area contributed by atoms with Gasteiger partial charge in [-0.25, -0.2) is 4.39 Å². The molecule has 1 rings (SSSR count). The zero-order valence-electron chi connectivity index (χ0n) is 12.9. The van der Waals surface area contributed by atoms with Crippen LogP contribution in [0.3, 0.4) is 0 Å². The lowest BCUT2D eigenvalue weighted by Crippen LogP contribution is -2.26. The fourth-order valence-corrected chi connectivity index (χ4v) is 2.54. The molecule has 0 radical (unpaired) electrons. The normalized spacial score (nSPS) is 12.1. The summed E-state index contributed by atoms with van der Waals surface area (Å²) in [7, 11) is 0. The number of hydrogen-bond donors (Lipinski definition) is 2. The van der Waals surface area contributed by atoms with Crippen LogP contribution >= 0.6 is 0 Å². The highest BCUT2D eigenvalue weighted by Crippen LogP contribution is 2.16. The minimum atomic E-state index is -0.210. The molecule has 0 aliphatic carbocycles. The van der Waals surface area contributed by atoms with Crippen molar-refractivity contribution >= 4 is 5.91 Å². The van der Waals surface area contributed by atoms with Gasteiger partial charge in [-0.05, 0) is 43.4 Å². The van der Waals surface area contributed by atoms with E-state index in [1.807, 2.05) is 6.07 Å². The molecule has 118 valence electrons. The van der Waals surface area contributed by atoms with Gasteiger partial charge in [-0.1, -0.05) is 38.0 Å². The number of nitrogens with two attached hydrogens (primary N) is 1. The second kappa shape index (κ2) is 10.3. The van der Waals surface area contributed by atoms with Gasteiger partial charge in [0.15, 0.2) is 0 Å². The molecule has 0 spiro atoms. The first-order valence-electron chi connectivity index (χ1n) is 7.87. The van der Waals surface area contributed by atoms with Crippen molar-refractivity contribution in [3.8, 4) is 0 Å². The van der Waals surface area contributed by atoms with Crippen LogP contribution in [0.4, 0.5) is 4.39 Å². The van der Waals surface area contributed by atoms with Crippen LogP contribution in [-0.2, 0) is 11.2 Å². The van der Waals surface area contributed by atoms with Gasteiger partial charge in [0, 0.05) is 13.0 Å². The van der Waals surface area contributed by atoms with Gasteiger partial charge < -0.3 is 11.1 Å². The predicted molar refractivity (Wildman–Crippen MR) is 84.4 cm³/mol. The van der Waals surface area contributed by atoms with Gasteiger partial charge in [-0.3, -0.25) is 4.79 Å². The molecule has 3 N–H and O–H groups in total. The SMILES string of the molecule is CCCC(CCN)CCC(=O)NCCc1ccccc1F. The molecular weight excluding hydrogens is 267 g/mol. The number of carbonyl (C=O) groups is 1. The number of halogens is 1. The topological polar surface area (TPSA) is 55.1 Å². The number of amides is 1. The number of benzene rings is 1. The molecule has 1 unspecified atom stereocenters. The summed E-state index contributed by atoms with van der Waals surface area (Å²) >= 11 is 0. The third kappa shape index (κ3) is 7.23. The van der Waals surface area contributed by atoms with Crippen molar-refractivity contribution in [2.24, 2.45) is 11.7 Å². The zero-order valence-corrected chi connectivity index (χ0v) is 12.9. The maximum atomic E-state index is 13.4. The van der Waals surface area contributed by atoms with Crippen molar-refractivity contribution in [1.29, 1.82) is 0 Å². The molecule has 4 heteroatoms. The lowest BCUT2D eigenvalue weighted by molar-refractivity contribution is -0.121. The van der Waals surface area contributed by atoms with Crippen LogP contribution in [0, 0.1) is 11.7 Å². The Morgan fingerprint density at radius 1 is 1.29 bits per heavy atom. The van der Waals surface area contributed by atoms with Gasteiger partial charge in [0.05, 0.1) is 0 Å². The Morgan fingerprint density at radius 3 is 2.71 bits per heavy atom. The van der Waals surface area contributed by atoms with Crippen LogP contribution in [0.5, 0.6) is 0 Å². The van der Waals surface area contributed by atoms with Crippen molar-refractivity contribution in [1.82, 2.24) is 5.32 Å². The number of hydrogen-bond acceptors (Lipinski definition) is 2. The minimum Gasteiger partial charge on any atom is -0.356 e. The van der Waals surface area contributed by atoms with Gasteiger partial charge in [-0.2, -0.15) is 0 Å². The van der Waals surface area contributed by atoms with Crippen LogP contribution in [0.15, 0.2) is 24.3 Å². The van der Waals surface area contributed by atoms with Crippen LogP contribution in [0.1, 0.15) is 44.6 Å². The average molecular weight is 294 g/mol. The quantitative estimate of drug-likeness (QED) is 0.697. The van der Waals surface area contributed by atoms with Gasteiger partial charge in [0.2, 0.25) is 5.91 Å². The first-order valence-corrected chi connectivity index (χ1v) is 7.87. The van der Waals surface area contributed by atoms with Crippen molar-refractivity contribution < 1.29 is 9.18 Å². The maximum Gasteiger partial charge on any atom is 0.220 e. The molecule has 0 aromatic heterocycles. The third-order valence-electron chi connectivity index (χ3n) is 3.73. The van der Waals surface area contributed by atoms with Gasteiger partial charge in [-0.15, -0.1) is 0 Å². The van der Waals surface area contributed by atoms with E-state index in [4.69, 9.17) is 5.73 Å². The molecule has 0 heterocycles. The molecule has 0 fully saturated rings. The van der Waals surface area contributed by atoms with E-state index in [-0.39, 0.29) is 11.7 Å². The summed E-state index contributed by atoms with van der Waals surface area (Å²) in [5.74, 6) is 0.375. The second-order valence-electron chi connectivity index (χ2n) is 5.46. The highest BCUT2D eigenvalue weighted by Gasteiger charge is 2.10. The van der Waals surface area contributed by atoms with Crippen LogP contribution < -0.4 is 11.1 Å². The molecule has 1 amide bonds. The summed E-state index contributed by atoms with van der Waals surface area (Å²) in [4.78, 5) is 11.8. The van der Waals surface area contributed by atoms with Crippen LogP contribution in [0.25, 0.3) is 0 Å². The Hall–Kier alpha value is -1.42. The van der Waals surface area contributed by atoms with Crippen LogP contribution in [0.2, 0.25) is 0 Å². The molecule has 3 nitrogen and oxygen atoms in total. The van der Waals surface area contributed by atoms with E-state index in [0.717, 1.165) is 25.7 Å². The molecule has 0 bridgehead atoms. The van der Waals surface area contributed by atoms with Crippen molar-refractivity contribution in [2.75, 3.05) is 13.1 Å². The van der Waals surface area contributed by atoms with E-state index < -0.39 is 0 Å². The Morgan fingerprint density at radius 2 is 2.05 bits per heavy atom. The number of carbonyl (C=O) groups excluding carboxylic acids is 1. The van der Waals surface area contributed by atoms with E-state index in [0.29, 0.717) is 37.4 Å². The highest BCUT2D eigenvalue weighted by atomic mass is 19.1. The molecule has 0 aliphatic rings. The summed E-state index contributed by atoms with van der Waals surface area (Å²) in [6, 6.07) is 6.67. The Balaban J connectivity index is 2.23. The van der Waals surface area contributed by atoms with E-state index in [9.17, 15) is 9.18 Å². The summed E-state index contributed by atoms with van der Waals surface area (Å²) in [6.45, 7) is 3.31. The van der Waals surface area contributed by atoms with Gasteiger partial charge >= 0.3 is 0 Å². The largest absolute Gasteiger partial charge is 0.356 e. The standard InChI is InChI=1S/C17H27FN2O/c1-2-5-14(10-12-19)8-9-17(21)20-13-11-15-6-3-4-7-16(15)18/h3-4,6-7,14H,2,5,8-13,19H2,1H3,(H,20,21). The lowest BCUT2D eigenvalue weighted by atomic mass is 9.94. The smallest absolute Gasteiger partial charge is 0.220 e. The summed E-state index contributed by atoms with van der Waals surface area (Å²) in [5, 5.41) is 2.86. The fourth-order valence-electron chi connectivity index (χ4n) is 2.54. The third-order valence-corrected chi connectivity index (χ3v) is 3.73. The minimum absolute atomic E-state index is 0.0458. The van der Waals surface area contributed by atoms with Crippen molar-refractivity contribution in [3.63, 3.8) is 0 Å². The molecule has 0 saturated carbocycles. The summed E-state index contributed by atoms with van der Waals surface area (Å²) < 4.78 is 13.4. The first-order chi connectivity index (χ1) is 10.2. The molecule has 0 aliphatic heterocycles. The molecule has 1 aromatic carbocycles. The first kappa shape index (κ1) is 17.6. The van der Waals surface area contributed by atoms with E-state index in [1.165, 1.54) is 6.07 Å². The van der Waals surface area contributed by atoms with E-state index in [2.05, 4.69) is 12.2 Å². The highest BCUT2D eigenvalue weighted by molar-refractivity contribution is 5.75. The molecule has 1 atom stereocenters. The fraction of sp³-hybridized carbons (Fsp3) is 0.588. The van der Waals surface area contributed by atoms with E-state index >= 15 is 0 Å². The molecule has 21 heavy (non-hydrogen) atoms. The summed E-state index contributed by atoms with van der Waals surface area (Å²) in [5.41, 5.74) is 6.23. The molecular formula is C17H27FN2O. The Bertz CT molecular complexity index is 417.